The van der Waals surface area contributed by atoms with Gasteiger partial charge < -0.3 is 14.6 Å². The molecule has 29 heavy (non-hydrogen) atoms. The van der Waals surface area contributed by atoms with Crippen molar-refractivity contribution in [3.63, 3.8) is 0 Å². The predicted molar refractivity (Wildman–Crippen MR) is 117 cm³/mol. The van der Waals surface area contributed by atoms with Gasteiger partial charge in [0.1, 0.15) is 0 Å². The van der Waals surface area contributed by atoms with E-state index < -0.39 is 0 Å². The zero-order chi connectivity index (χ0) is 20.2. The van der Waals surface area contributed by atoms with Crippen molar-refractivity contribution in [2.45, 2.75) is 25.0 Å². The van der Waals surface area contributed by atoms with E-state index in [1.807, 2.05) is 49.4 Å². The molecule has 2 heterocycles. The van der Waals surface area contributed by atoms with Crippen LogP contribution in [0.3, 0.4) is 0 Å². The van der Waals surface area contributed by atoms with Crippen LogP contribution in [0.2, 0.25) is 5.02 Å². The lowest BCUT2D eigenvalue weighted by Gasteiger charge is -2.22. The third-order valence-electron chi connectivity index (χ3n) is 4.79. The summed E-state index contributed by atoms with van der Waals surface area (Å²) in [5.41, 5.74) is 3.58. The number of anilines is 2. The first-order chi connectivity index (χ1) is 14.1. The van der Waals surface area contributed by atoms with Crippen molar-refractivity contribution < 1.29 is 9.21 Å². The van der Waals surface area contributed by atoms with E-state index in [9.17, 15) is 4.79 Å². The molecule has 1 saturated heterocycles. The normalized spacial score (nSPS) is 13.7. The van der Waals surface area contributed by atoms with Crippen LogP contribution in [-0.4, -0.2) is 34.9 Å². The number of halogens is 1. The van der Waals surface area contributed by atoms with E-state index in [0.29, 0.717) is 16.1 Å². The van der Waals surface area contributed by atoms with Gasteiger partial charge in [-0.15, -0.1) is 10.2 Å². The molecular formula is C21H21ClN4O2S. The number of aryl methyl sites for hydroxylation is 1. The van der Waals surface area contributed by atoms with Crippen molar-refractivity contribution in [2.24, 2.45) is 0 Å². The molecule has 1 fully saturated rings. The van der Waals surface area contributed by atoms with Crippen molar-refractivity contribution in [1.29, 1.82) is 0 Å². The van der Waals surface area contributed by atoms with Crippen LogP contribution in [0.4, 0.5) is 11.4 Å². The highest BCUT2D eigenvalue weighted by Gasteiger charge is 2.20. The Morgan fingerprint density at radius 3 is 2.76 bits per heavy atom. The Balaban J connectivity index is 1.40. The first-order valence-corrected chi connectivity index (χ1v) is 10.8. The quantitative estimate of drug-likeness (QED) is 0.555. The topological polar surface area (TPSA) is 71.3 Å². The molecule has 1 amide bonds. The molecule has 3 aromatic rings. The zero-order valence-corrected chi connectivity index (χ0v) is 17.6. The molecule has 0 unspecified atom stereocenters. The Labute approximate surface area is 178 Å². The number of amides is 1. The molecule has 8 heteroatoms. The van der Waals surface area contributed by atoms with Crippen LogP contribution in [0, 0.1) is 6.92 Å². The maximum absolute atomic E-state index is 12.5. The number of nitrogens with one attached hydrogen (secondary N) is 1. The molecule has 0 spiro atoms. The van der Waals surface area contributed by atoms with Crippen LogP contribution in [0.1, 0.15) is 18.4 Å². The van der Waals surface area contributed by atoms with E-state index >= 15 is 0 Å². The number of benzene rings is 2. The van der Waals surface area contributed by atoms with Gasteiger partial charge in [-0.25, -0.2) is 0 Å². The minimum absolute atomic E-state index is 0.145. The molecule has 1 aromatic heterocycles. The van der Waals surface area contributed by atoms with Gasteiger partial charge in [-0.3, -0.25) is 4.79 Å². The Kier molecular flexibility index (Phi) is 6.06. The summed E-state index contributed by atoms with van der Waals surface area (Å²) in [6, 6.07) is 13.4. The third kappa shape index (κ3) is 4.57. The van der Waals surface area contributed by atoms with Crippen LogP contribution in [0.5, 0.6) is 0 Å². The molecule has 1 N–H and O–H groups in total. The van der Waals surface area contributed by atoms with Crippen molar-refractivity contribution in [3.8, 4) is 11.5 Å². The Morgan fingerprint density at radius 2 is 1.97 bits per heavy atom. The van der Waals surface area contributed by atoms with Gasteiger partial charge in [0.2, 0.25) is 11.8 Å². The maximum Gasteiger partial charge on any atom is 0.277 e. The van der Waals surface area contributed by atoms with Gasteiger partial charge in [0, 0.05) is 18.7 Å². The minimum Gasteiger partial charge on any atom is -0.411 e. The molecule has 0 radical (unpaired) electrons. The summed E-state index contributed by atoms with van der Waals surface area (Å²) in [5, 5.41) is 12.1. The van der Waals surface area contributed by atoms with Gasteiger partial charge in [-0.05, 0) is 43.5 Å². The summed E-state index contributed by atoms with van der Waals surface area (Å²) in [6.45, 7) is 3.89. The highest BCUT2D eigenvalue weighted by molar-refractivity contribution is 7.99. The fourth-order valence-corrected chi connectivity index (χ4v) is 4.24. The average molecular weight is 429 g/mol. The summed E-state index contributed by atoms with van der Waals surface area (Å²) in [4.78, 5) is 14.7. The Morgan fingerprint density at radius 1 is 1.17 bits per heavy atom. The number of thioether (sulfide) groups is 1. The van der Waals surface area contributed by atoms with E-state index in [1.54, 1.807) is 0 Å². The first-order valence-electron chi connectivity index (χ1n) is 9.47. The van der Waals surface area contributed by atoms with Gasteiger partial charge in [0.15, 0.2) is 0 Å². The summed E-state index contributed by atoms with van der Waals surface area (Å²) in [7, 11) is 0. The summed E-state index contributed by atoms with van der Waals surface area (Å²) < 4.78 is 5.71. The van der Waals surface area contributed by atoms with Crippen molar-refractivity contribution >= 4 is 40.6 Å². The second-order valence-corrected chi connectivity index (χ2v) is 8.19. The lowest BCUT2D eigenvalue weighted by Crippen LogP contribution is -2.22. The third-order valence-corrected chi connectivity index (χ3v) is 5.92. The number of carbonyl (C=O) groups is 1. The second kappa shape index (κ2) is 8.88. The number of rotatable bonds is 6. The smallest absolute Gasteiger partial charge is 0.277 e. The first kappa shape index (κ1) is 19.8. The van der Waals surface area contributed by atoms with E-state index in [2.05, 4.69) is 20.4 Å². The summed E-state index contributed by atoms with van der Waals surface area (Å²) >= 11 is 7.62. The Hall–Kier alpha value is -2.51. The molecule has 0 bridgehead atoms. The summed E-state index contributed by atoms with van der Waals surface area (Å²) in [5.74, 6) is 0.479. The van der Waals surface area contributed by atoms with Crippen LogP contribution in [0.25, 0.3) is 11.5 Å². The molecule has 0 atom stereocenters. The fraction of sp³-hybridized carbons (Fsp3) is 0.286. The lowest BCUT2D eigenvalue weighted by atomic mass is 10.1. The standard InChI is InChI=1S/C21H21ClN4O2S/c1-14-7-2-3-8-15(14)20-24-25-21(28-20)29-13-18(27)23-17-10-6-9-16(22)19(17)26-11-4-5-12-26/h2-3,6-10H,4-5,11-13H2,1H3,(H,23,27). The minimum atomic E-state index is -0.145. The van der Waals surface area contributed by atoms with Crippen LogP contribution in [-0.2, 0) is 4.79 Å². The van der Waals surface area contributed by atoms with Crippen LogP contribution < -0.4 is 10.2 Å². The van der Waals surface area contributed by atoms with Gasteiger partial charge in [0.05, 0.1) is 22.2 Å². The fourth-order valence-electron chi connectivity index (χ4n) is 3.38. The van der Waals surface area contributed by atoms with E-state index in [4.69, 9.17) is 16.0 Å². The Bertz CT molecular complexity index is 1020. The molecular weight excluding hydrogens is 408 g/mol. The second-order valence-electron chi connectivity index (χ2n) is 6.86. The molecule has 6 nitrogen and oxygen atoms in total. The lowest BCUT2D eigenvalue weighted by molar-refractivity contribution is -0.113. The number of hydrogen-bond donors (Lipinski definition) is 1. The highest BCUT2D eigenvalue weighted by atomic mass is 35.5. The van der Waals surface area contributed by atoms with Crippen molar-refractivity contribution in [3.05, 3.63) is 53.1 Å². The van der Waals surface area contributed by atoms with Crippen molar-refractivity contribution in [1.82, 2.24) is 10.2 Å². The van der Waals surface area contributed by atoms with Gasteiger partial charge in [-0.1, -0.05) is 47.6 Å². The van der Waals surface area contributed by atoms with E-state index in [1.165, 1.54) is 11.8 Å². The number of nitrogens with zero attached hydrogens (tertiary/aromatic N) is 3. The van der Waals surface area contributed by atoms with E-state index in [0.717, 1.165) is 48.4 Å². The molecule has 150 valence electrons. The molecule has 0 aliphatic carbocycles. The zero-order valence-electron chi connectivity index (χ0n) is 16.0. The molecule has 4 rings (SSSR count). The largest absolute Gasteiger partial charge is 0.411 e. The van der Waals surface area contributed by atoms with Crippen molar-refractivity contribution in [2.75, 3.05) is 29.1 Å². The average Bonchev–Trinajstić information content (AvgIpc) is 3.39. The predicted octanol–water partition coefficient (Wildman–Crippen LogP) is 5.03. The van der Waals surface area contributed by atoms with Gasteiger partial charge in [0.25, 0.3) is 5.22 Å². The summed E-state index contributed by atoms with van der Waals surface area (Å²) in [6.07, 6.45) is 2.27. The molecule has 0 saturated carbocycles. The van der Waals surface area contributed by atoms with Gasteiger partial charge >= 0.3 is 0 Å². The molecule has 2 aromatic carbocycles. The highest BCUT2D eigenvalue weighted by Crippen LogP contribution is 2.36. The number of carbonyl (C=O) groups excluding carboxylic acids is 1. The number of para-hydroxylation sites is 1. The van der Waals surface area contributed by atoms with Gasteiger partial charge in [-0.2, -0.15) is 0 Å². The number of hydrogen-bond acceptors (Lipinski definition) is 6. The van der Waals surface area contributed by atoms with Crippen LogP contribution in [0.15, 0.2) is 52.1 Å². The maximum atomic E-state index is 12.5. The molecule has 1 aliphatic rings. The monoisotopic (exact) mass is 428 g/mol. The number of aromatic nitrogens is 2. The van der Waals surface area contributed by atoms with Crippen LogP contribution >= 0.6 is 23.4 Å². The molecule has 1 aliphatic heterocycles. The SMILES string of the molecule is Cc1ccccc1-c1nnc(SCC(=O)Nc2cccc(Cl)c2N2CCCC2)o1. The van der Waals surface area contributed by atoms with E-state index in [-0.39, 0.29) is 11.7 Å².